The van der Waals surface area contributed by atoms with E-state index in [4.69, 9.17) is 4.74 Å². The Morgan fingerprint density at radius 3 is 2.42 bits per heavy atom. The zero-order chi connectivity index (χ0) is 13.6. The van der Waals surface area contributed by atoms with E-state index in [-0.39, 0.29) is 18.2 Å². The third-order valence-electron chi connectivity index (χ3n) is 3.45. The highest BCUT2D eigenvalue weighted by Crippen LogP contribution is 2.32. The lowest BCUT2D eigenvalue weighted by Crippen LogP contribution is -2.35. The van der Waals surface area contributed by atoms with Gasteiger partial charge in [0.15, 0.2) is 0 Å². The molecule has 0 spiro atoms. The van der Waals surface area contributed by atoms with E-state index in [2.05, 4.69) is 0 Å². The maximum atomic E-state index is 12.2. The second-order valence-corrected chi connectivity index (χ2v) is 4.47. The summed E-state index contributed by atoms with van der Waals surface area (Å²) in [7, 11) is 1.54. The van der Waals surface area contributed by atoms with E-state index < -0.39 is 12.1 Å². The smallest absolute Gasteiger partial charge is 0.338 e. The molecule has 0 bridgehead atoms. The molecule has 2 fully saturated rings. The Hall–Kier alpha value is -2.37. The maximum Gasteiger partial charge on any atom is 0.338 e. The molecule has 2 aliphatic rings. The monoisotopic (exact) mass is 260 g/mol. The van der Waals surface area contributed by atoms with E-state index in [1.54, 1.807) is 24.3 Å². The van der Waals surface area contributed by atoms with E-state index in [1.807, 2.05) is 0 Å². The average molecular weight is 260 g/mol. The van der Waals surface area contributed by atoms with Crippen LogP contribution in [0, 0.1) is 0 Å². The van der Waals surface area contributed by atoms with Gasteiger partial charge in [0.25, 0.3) is 5.91 Å². The molecule has 0 aromatic heterocycles. The number of methoxy groups -OCH3 is 1. The second kappa shape index (κ2) is 4.08. The number of imide groups is 2. The van der Waals surface area contributed by atoms with E-state index in [0.29, 0.717) is 17.9 Å². The molecular weight excluding hydrogens is 248 g/mol. The minimum absolute atomic E-state index is 0.262. The van der Waals surface area contributed by atoms with E-state index in [9.17, 15) is 14.4 Å². The number of anilines is 1. The summed E-state index contributed by atoms with van der Waals surface area (Å²) in [5.74, 6) is 0.0276. The minimum Gasteiger partial charge on any atom is -0.497 e. The van der Waals surface area contributed by atoms with Gasteiger partial charge >= 0.3 is 6.03 Å². The number of fused-ring (bicyclic) bond motifs is 1. The molecule has 6 nitrogen and oxygen atoms in total. The topological polar surface area (TPSA) is 66.9 Å². The number of amides is 4. The number of hydrogen-bond acceptors (Lipinski definition) is 4. The van der Waals surface area contributed by atoms with Crippen LogP contribution in [0.1, 0.15) is 12.8 Å². The third-order valence-corrected chi connectivity index (χ3v) is 3.45. The highest BCUT2D eigenvalue weighted by molar-refractivity contribution is 6.26. The van der Waals surface area contributed by atoms with Crippen LogP contribution in [-0.4, -0.2) is 35.9 Å². The number of urea groups is 1. The molecule has 0 aliphatic carbocycles. The zero-order valence-corrected chi connectivity index (χ0v) is 10.3. The Labute approximate surface area is 109 Å². The van der Waals surface area contributed by atoms with Crippen LogP contribution in [0.25, 0.3) is 0 Å². The molecule has 4 amide bonds. The highest BCUT2D eigenvalue weighted by Gasteiger charge is 2.52. The predicted molar refractivity (Wildman–Crippen MR) is 65.7 cm³/mol. The first-order valence-corrected chi connectivity index (χ1v) is 5.97. The van der Waals surface area contributed by atoms with Crippen molar-refractivity contribution in [2.45, 2.75) is 18.9 Å². The van der Waals surface area contributed by atoms with Crippen LogP contribution >= 0.6 is 0 Å². The summed E-state index contributed by atoms with van der Waals surface area (Å²) < 4.78 is 5.02. The molecule has 1 aromatic rings. The van der Waals surface area contributed by atoms with Crippen LogP contribution < -0.4 is 9.64 Å². The van der Waals surface area contributed by atoms with Gasteiger partial charge in [0.1, 0.15) is 11.8 Å². The first-order valence-electron chi connectivity index (χ1n) is 5.97. The van der Waals surface area contributed by atoms with Crippen molar-refractivity contribution in [3.05, 3.63) is 24.3 Å². The van der Waals surface area contributed by atoms with Gasteiger partial charge in [-0.3, -0.25) is 14.5 Å². The van der Waals surface area contributed by atoms with Gasteiger partial charge in [0.2, 0.25) is 5.91 Å². The Balaban J connectivity index is 1.95. The molecule has 0 saturated carbocycles. The highest BCUT2D eigenvalue weighted by atomic mass is 16.5. The van der Waals surface area contributed by atoms with Crippen molar-refractivity contribution in [1.29, 1.82) is 0 Å². The molecule has 1 atom stereocenters. The fourth-order valence-electron chi connectivity index (χ4n) is 2.48. The largest absolute Gasteiger partial charge is 0.497 e. The fraction of sp³-hybridized carbons (Fsp3) is 0.308. The number of rotatable bonds is 2. The van der Waals surface area contributed by atoms with Gasteiger partial charge in [-0.05, 0) is 30.7 Å². The Kier molecular flexibility index (Phi) is 2.51. The molecule has 6 heteroatoms. The summed E-state index contributed by atoms with van der Waals surface area (Å²) in [5, 5.41) is 0. The van der Waals surface area contributed by atoms with Crippen LogP contribution in [-0.2, 0) is 9.59 Å². The number of ether oxygens (including phenoxy) is 1. The molecule has 98 valence electrons. The van der Waals surface area contributed by atoms with Crippen LogP contribution in [0.5, 0.6) is 5.75 Å². The van der Waals surface area contributed by atoms with E-state index >= 15 is 0 Å². The van der Waals surface area contributed by atoms with Crippen molar-refractivity contribution in [1.82, 2.24) is 4.90 Å². The summed E-state index contributed by atoms with van der Waals surface area (Å²) in [6.07, 6.45) is 0.675. The Morgan fingerprint density at radius 1 is 1.16 bits per heavy atom. The van der Waals surface area contributed by atoms with Crippen molar-refractivity contribution in [2.24, 2.45) is 0 Å². The molecule has 0 N–H and O–H groups in total. The van der Waals surface area contributed by atoms with Crippen molar-refractivity contribution >= 4 is 23.5 Å². The van der Waals surface area contributed by atoms with Gasteiger partial charge in [0, 0.05) is 6.42 Å². The van der Waals surface area contributed by atoms with Crippen LogP contribution in [0.3, 0.4) is 0 Å². The quantitative estimate of drug-likeness (QED) is 0.748. The molecule has 1 aromatic carbocycles. The summed E-state index contributed by atoms with van der Waals surface area (Å²) >= 11 is 0. The zero-order valence-electron chi connectivity index (χ0n) is 10.3. The number of benzene rings is 1. The SMILES string of the molecule is COc1ccc(N2C(=O)[C@H]3CCC(=O)N3C2=O)cc1. The summed E-state index contributed by atoms with van der Waals surface area (Å²) in [5.41, 5.74) is 0.456. The molecule has 2 saturated heterocycles. The lowest BCUT2D eigenvalue weighted by Gasteiger charge is -2.15. The molecule has 2 heterocycles. The summed E-state index contributed by atoms with van der Waals surface area (Å²) in [6.45, 7) is 0. The van der Waals surface area contributed by atoms with Crippen molar-refractivity contribution in [3.8, 4) is 5.75 Å². The van der Waals surface area contributed by atoms with Gasteiger partial charge in [-0.2, -0.15) is 0 Å². The lowest BCUT2D eigenvalue weighted by atomic mass is 10.2. The molecule has 3 rings (SSSR count). The van der Waals surface area contributed by atoms with E-state index in [0.717, 1.165) is 9.80 Å². The van der Waals surface area contributed by atoms with Gasteiger partial charge in [-0.15, -0.1) is 0 Å². The number of hydrogen-bond donors (Lipinski definition) is 0. The van der Waals surface area contributed by atoms with Gasteiger partial charge in [-0.1, -0.05) is 0 Å². The number of nitrogens with zero attached hydrogens (tertiary/aromatic N) is 2. The minimum atomic E-state index is -0.623. The van der Waals surface area contributed by atoms with Crippen LogP contribution in [0.15, 0.2) is 24.3 Å². The van der Waals surface area contributed by atoms with Crippen molar-refractivity contribution < 1.29 is 19.1 Å². The lowest BCUT2D eigenvalue weighted by molar-refractivity contribution is -0.128. The first-order chi connectivity index (χ1) is 9.13. The Morgan fingerprint density at radius 2 is 1.84 bits per heavy atom. The van der Waals surface area contributed by atoms with Gasteiger partial charge < -0.3 is 4.74 Å². The normalized spacial score (nSPS) is 22.2. The standard InChI is InChI=1S/C13H12N2O4/c1-19-9-4-2-8(3-5-9)14-12(17)10-6-7-11(16)15(10)13(14)18/h2-5,10H,6-7H2,1H3/t10-/m1/s1. The molecule has 19 heavy (non-hydrogen) atoms. The third kappa shape index (κ3) is 1.60. The molecule has 0 unspecified atom stereocenters. The van der Waals surface area contributed by atoms with Gasteiger partial charge in [0.05, 0.1) is 12.8 Å². The molecule has 2 aliphatic heterocycles. The van der Waals surface area contributed by atoms with E-state index in [1.165, 1.54) is 7.11 Å². The first kappa shape index (κ1) is 11.7. The Bertz CT molecular complexity index is 567. The molecule has 0 radical (unpaired) electrons. The fourth-order valence-corrected chi connectivity index (χ4v) is 2.48. The van der Waals surface area contributed by atoms with Crippen LogP contribution in [0.2, 0.25) is 0 Å². The van der Waals surface area contributed by atoms with Crippen molar-refractivity contribution in [2.75, 3.05) is 12.0 Å². The van der Waals surface area contributed by atoms with Gasteiger partial charge in [-0.25, -0.2) is 9.69 Å². The number of carbonyl (C=O) groups excluding carboxylic acids is 3. The van der Waals surface area contributed by atoms with Crippen LogP contribution in [0.4, 0.5) is 10.5 Å². The second-order valence-electron chi connectivity index (χ2n) is 4.47. The average Bonchev–Trinajstić information content (AvgIpc) is 2.91. The summed E-state index contributed by atoms with van der Waals surface area (Å²) in [6, 6.07) is 5.41. The maximum absolute atomic E-state index is 12.2. The van der Waals surface area contributed by atoms with Crippen molar-refractivity contribution in [3.63, 3.8) is 0 Å². The summed E-state index contributed by atoms with van der Waals surface area (Å²) in [4.78, 5) is 38.0. The molecular formula is C13H12N2O4. The predicted octanol–water partition coefficient (Wildman–Crippen LogP) is 1.15. The number of carbonyl (C=O) groups is 3.